The minimum atomic E-state index is -3.29. The number of carboxylic acid groups (broad SMARTS) is 1. The molecule has 1 rings (SSSR count). The second-order valence-corrected chi connectivity index (χ2v) is 6.51. The molecule has 0 fully saturated rings. The Bertz CT molecular complexity index is 539. The molecule has 0 aromatic heterocycles. The zero-order valence-corrected chi connectivity index (χ0v) is 11.9. The van der Waals surface area contributed by atoms with Gasteiger partial charge in [0, 0.05) is 19.2 Å². The van der Waals surface area contributed by atoms with Gasteiger partial charge in [-0.15, -0.1) is 0 Å². The van der Waals surface area contributed by atoms with Crippen LogP contribution >= 0.6 is 0 Å². The van der Waals surface area contributed by atoms with Crippen molar-refractivity contribution in [3.8, 4) is 0 Å². The van der Waals surface area contributed by atoms with Gasteiger partial charge in [-0.1, -0.05) is 25.5 Å². The normalized spacial score (nSPS) is 12.9. The van der Waals surface area contributed by atoms with Crippen molar-refractivity contribution in [2.24, 2.45) is 5.92 Å². The van der Waals surface area contributed by atoms with E-state index < -0.39 is 15.8 Å². The van der Waals surface area contributed by atoms with Gasteiger partial charge in [-0.3, -0.25) is 4.79 Å². The van der Waals surface area contributed by atoms with Crippen molar-refractivity contribution in [2.45, 2.75) is 24.7 Å². The van der Waals surface area contributed by atoms with Crippen LogP contribution in [0.1, 0.15) is 19.8 Å². The highest BCUT2D eigenvalue weighted by Gasteiger charge is 2.15. The van der Waals surface area contributed by atoms with Gasteiger partial charge in [0.15, 0.2) is 9.84 Å². The number of para-hydroxylation sites is 1. The molecular weight excluding hydrogens is 266 g/mol. The lowest BCUT2D eigenvalue weighted by Crippen LogP contribution is -2.18. The summed E-state index contributed by atoms with van der Waals surface area (Å²) in [6, 6.07) is 6.63. The van der Waals surface area contributed by atoms with E-state index >= 15 is 0 Å². The monoisotopic (exact) mass is 285 g/mol. The molecule has 0 aliphatic rings. The lowest BCUT2D eigenvalue weighted by molar-refractivity contribution is -0.138. The van der Waals surface area contributed by atoms with Crippen LogP contribution in [-0.4, -0.2) is 32.3 Å². The van der Waals surface area contributed by atoms with Gasteiger partial charge >= 0.3 is 5.97 Å². The number of aliphatic carboxylic acids is 1. The van der Waals surface area contributed by atoms with Crippen molar-refractivity contribution in [1.82, 2.24) is 0 Å². The molecule has 0 saturated carbocycles. The van der Waals surface area contributed by atoms with Crippen molar-refractivity contribution >= 4 is 21.5 Å². The summed E-state index contributed by atoms with van der Waals surface area (Å²) in [5.41, 5.74) is 0.522. The SMILES string of the molecule is CCC(CNc1ccccc1S(C)(=O)=O)CC(=O)O. The summed E-state index contributed by atoms with van der Waals surface area (Å²) < 4.78 is 23.2. The Morgan fingerprint density at radius 2 is 2.00 bits per heavy atom. The van der Waals surface area contributed by atoms with Gasteiger partial charge in [0.05, 0.1) is 10.6 Å². The number of carboxylic acids is 1. The van der Waals surface area contributed by atoms with E-state index in [1.165, 1.54) is 6.07 Å². The first-order valence-electron chi connectivity index (χ1n) is 6.09. The van der Waals surface area contributed by atoms with Crippen LogP contribution in [0, 0.1) is 5.92 Å². The van der Waals surface area contributed by atoms with Crippen LogP contribution in [0.3, 0.4) is 0 Å². The molecule has 1 unspecified atom stereocenters. The van der Waals surface area contributed by atoms with Crippen molar-refractivity contribution < 1.29 is 18.3 Å². The first-order chi connectivity index (χ1) is 8.84. The van der Waals surface area contributed by atoms with Gasteiger partial charge in [0.2, 0.25) is 0 Å². The molecular formula is C13H19NO4S. The minimum absolute atomic E-state index is 0.0230. The Balaban J connectivity index is 2.80. The fraction of sp³-hybridized carbons (Fsp3) is 0.462. The third kappa shape index (κ3) is 4.90. The fourth-order valence-electron chi connectivity index (χ4n) is 1.80. The highest BCUT2D eigenvalue weighted by atomic mass is 32.2. The Labute approximate surface area is 113 Å². The van der Waals surface area contributed by atoms with Crippen LogP contribution < -0.4 is 5.32 Å². The summed E-state index contributed by atoms with van der Waals surface area (Å²) in [5.74, 6) is -0.866. The number of anilines is 1. The van der Waals surface area contributed by atoms with E-state index in [0.717, 1.165) is 12.7 Å². The van der Waals surface area contributed by atoms with Crippen LogP contribution in [0.2, 0.25) is 0 Å². The largest absolute Gasteiger partial charge is 0.481 e. The summed E-state index contributed by atoms with van der Waals surface area (Å²) in [4.78, 5) is 10.9. The van der Waals surface area contributed by atoms with Gasteiger partial charge in [-0.25, -0.2) is 8.42 Å². The van der Waals surface area contributed by atoms with E-state index in [4.69, 9.17) is 5.11 Å². The quantitative estimate of drug-likeness (QED) is 0.800. The highest BCUT2D eigenvalue weighted by Crippen LogP contribution is 2.21. The van der Waals surface area contributed by atoms with E-state index in [2.05, 4.69) is 5.32 Å². The summed E-state index contributed by atoms with van der Waals surface area (Å²) in [5, 5.41) is 11.8. The average molecular weight is 285 g/mol. The van der Waals surface area contributed by atoms with Crippen LogP contribution in [-0.2, 0) is 14.6 Å². The summed E-state index contributed by atoms with van der Waals surface area (Å²) in [6.07, 6.45) is 1.95. The average Bonchev–Trinajstić information content (AvgIpc) is 2.33. The van der Waals surface area contributed by atoms with Gasteiger partial charge < -0.3 is 10.4 Å². The molecule has 0 aliphatic heterocycles. The molecule has 0 saturated heterocycles. The molecule has 0 radical (unpaired) electrons. The number of carbonyl (C=O) groups is 1. The molecule has 0 heterocycles. The first kappa shape index (κ1) is 15.5. The van der Waals surface area contributed by atoms with Crippen LogP contribution in [0.4, 0.5) is 5.69 Å². The second kappa shape index (κ2) is 6.56. The topological polar surface area (TPSA) is 83.5 Å². The standard InChI is InChI=1S/C13H19NO4S/c1-3-10(8-13(15)16)9-14-11-6-4-5-7-12(11)19(2,17)18/h4-7,10,14H,3,8-9H2,1-2H3,(H,15,16). The molecule has 0 spiro atoms. The second-order valence-electron chi connectivity index (χ2n) is 4.52. The molecule has 1 aromatic carbocycles. The number of hydrogen-bond acceptors (Lipinski definition) is 4. The summed E-state index contributed by atoms with van der Waals surface area (Å²) in [7, 11) is -3.29. The lowest BCUT2D eigenvalue weighted by Gasteiger charge is -2.16. The third-order valence-electron chi connectivity index (χ3n) is 2.91. The van der Waals surface area contributed by atoms with E-state index in [-0.39, 0.29) is 17.2 Å². The van der Waals surface area contributed by atoms with E-state index in [1.807, 2.05) is 6.92 Å². The molecule has 6 heteroatoms. The van der Waals surface area contributed by atoms with Crippen molar-refractivity contribution in [1.29, 1.82) is 0 Å². The van der Waals surface area contributed by atoms with Crippen LogP contribution in [0.25, 0.3) is 0 Å². The van der Waals surface area contributed by atoms with Gasteiger partial charge in [0.1, 0.15) is 0 Å². The van der Waals surface area contributed by atoms with Crippen LogP contribution in [0.5, 0.6) is 0 Å². The van der Waals surface area contributed by atoms with Gasteiger partial charge in [-0.05, 0) is 18.1 Å². The summed E-state index contributed by atoms with van der Waals surface area (Å²) in [6.45, 7) is 2.35. The Hall–Kier alpha value is -1.56. The van der Waals surface area contributed by atoms with E-state index in [0.29, 0.717) is 12.2 Å². The van der Waals surface area contributed by atoms with Crippen molar-refractivity contribution in [3.63, 3.8) is 0 Å². The third-order valence-corrected chi connectivity index (χ3v) is 4.06. The van der Waals surface area contributed by atoms with Gasteiger partial charge in [0.25, 0.3) is 0 Å². The number of benzene rings is 1. The molecule has 2 N–H and O–H groups in total. The first-order valence-corrected chi connectivity index (χ1v) is 7.98. The number of sulfone groups is 1. The zero-order chi connectivity index (χ0) is 14.5. The smallest absolute Gasteiger partial charge is 0.303 e. The van der Waals surface area contributed by atoms with E-state index in [1.54, 1.807) is 18.2 Å². The maximum Gasteiger partial charge on any atom is 0.303 e. The maximum atomic E-state index is 11.6. The van der Waals surface area contributed by atoms with Crippen molar-refractivity contribution in [2.75, 3.05) is 18.1 Å². The molecule has 0 aliphatic carbocycles. The molecule has 1 atom stereocenters. The maximum absolute atomic E-state index is 11.6. The fourth-order valence-corrected chi connectivity index (χ4v) is 2.66. The number of hydrogen-bond donors (Lipinski definition) is 2. The molecule has 0 amide bonds. The number of nitrogens with one attached hydrogen (secondary N) is 1. The molecule has 19 heavy (non-hydrogen) atoms. The van der Waals surface area contributed by atoms with Gasteiger partial charge in [-0.2, -0.15) is 0 Å². The Morgan fingerprint density at radius 1 is 1.37 bits per heavy atom. The molecule has 5 nitrogen and oxygen atoms in total. The predicted octanol–water partition coefficient (Wildman–Crippen LogP) is 2.00. The minimum Gasteiger partial charge on any atom is -0.481 e. The Kier molecular flexibility index (Phi) is 5.35. The summed E-state index contributed by atoms with van der Waals surface area (Å²) >= 11 is 0. The Morgan fingerprint density at radius 3 is 2.53 bits per heavy atom. The molecule has 0 bridgehead atoms. The lowest BCUT2D eigenvalue weighted by atomic mass is 10.0. The zero-order valence-electron chi connectivity index (χ0n) is 11.1. The highest BCUT2D eigenvalue weighted by molar-refractivity contribution is 7.90. The van der Waals surface area contributed by atoms with E-state index in [9.17, 15) is 13.2 Å². The van der Waals surface area contributed by atoms with Crippen LogP contribution in [0.15, 0.2) is 29.2 Å². The van der Waals surface area contributed by atoms with Crippen molar-refractivity contribution in [3.05, 3.63) is 24.3 Å². The molecule has 106 valence electrons. The number of rotatable bonds is 7. The molecule has 1 aromatic rings. The predicted molar refractivity (Wildman–Crippen MR) is 74.1 cm³/mol.